The third kappa shape index (κ3) is 4.62. The van der Waals surface area contributed by atoms with E-state index in [9.17, 15) is 4.79 Å². The minimum Gasteiger partial charge on any atom is -0.486 e. The van der Waals surface area contributed by atoms with E-state index in [1.54, 1.807) is 19.1 Å². The molecule has 1 aliphatic rings. The molecule has 1 aliphatic carbocycles. The van der Waals surface area contributed by atoms with Gasteiger partial charge in [-0.3, -0.25) is 4.79 Å². The summed E-state index contributed by atoms with van der Waals surface area (Å²) in [7, 11) is 0. The Morgan fingerprint density at radius 1 is 1.32 bits per heavy atom. The van der Waals surface area contributed by atoms with Crippen LogP contribution in [-0.4, -0.2) is 24.2 Å². The fourth-order valence-corrected chi connectivity index (χ4v) is 3.10. The largest absolute Gasteiger partial charge is 0.486 e. The van der Waals surface area contributed by atoms with Gasteiger partial charge in [0, 0.05) is 5.02 Å². The Balaban J connectivity index is 2.10. The lowest BCUT2D eigenvalue weighted by Gasteiger charge is -2.30. The van der Waals surface area contributed by atoms with Crippen molar-refractivity contribution in [1.29, 1.82) is 0 Å². The number of benzene rings is 1. The molecule has 2 N–H and O–H groups in total. The highest BCUT2D eigenvalue weighted by Gasteiger charge is 2.33. The monoisotopic (exact) mass is 325 g/mol. The van der Waals surface area contributed by atoms with Gasteiger partial charge in [0.25, 0.3) is 0 Å². The third-order valence-corrected chi connectivity index (χ3v) is 4.30. The van der Waals surface area contributed by atoms with Gasteiger partial charge in [-0.05, 0) is 50.8 Å². The van der Waals surface area contributed by atoms with Gasteiger partial charge in [0.15, 0.2) is 0 Å². The molecule has 1 aromatic carbocycles. The minimum absolute atomic E-state index is 0.177. The van der Waals surface area contributed by atoms with Crippen LogP contribution in [-0.2, 0) is 9.53 Å². The molecule has 5 heteroatoms. The second kappa shape index (κ2) is 7.84. The van der Waals surface area contributed by atoms with Gasteiger partial charge in [-0.2, -0.15) is 0 Å². The van der Waals surface area contributed by atoms with Crippen molar-refractivity contribution in [2.45, 2.75) is 57.8 Å². The lowest BCUT2D eigenvalue weighted by molar-refractivity contribution is -0.155. The maximum Gasteiger partial charge on any atom is 0.323 e. The fraction of sp³-hybridized carbons (Fsp3) is 0.588. The molecule has 0 unspecified atom stereocenters. The van der Waals surface area contributed by atoms with Crippen molar-refractivity contribution < 1.29 is 14.3 Å². The molecule has 0 aromatic heterocycles. The van der Waals surface area contributed by atoms with Crippen LogP contribution in [0.4, 0.5) is 0 Å². The molecule has 0 saturated heterocycles. The second-order valence-corrected chi connectivity index (χ2v) is 6.45. The summed E-state index contributed by atoms with van der Waals surface area (Å²) >= 11 is 6.01. The normalized spacial score (nSPS) is 19.5. The van der Waals surface area contributed by atoms with Crippen LogP contribution in [0.25, 0.3) is 0 Å². The van der Waals surface area contributed by atoms with Crippen LogP contribution in [0.15, 0.2) is 24.3 Å². The summed E-state index contributed by atoms with van der Waals surface area (Å²) in [5.41, 5.74) is 5.58. The Morgan fingerprint density at radius 2 is 2.00 bits per heavy atom. The number of ether oxygens (including phenoxy) is 2. The van der Waals surface area contributed by atoms with Crippen LogP contribution in [0.5, 0.6) is 5.75 Å². The molecular formula is C17H24ClNO3. The van der Waals surface area contributed by atoms with Crippen molar-refractivity contribution >= 4 is 17.6 Å². The van der Waals surface area contributed by atoms with Gasteiger partial charge in [-0.15, -0.1) is 0 Å². The lowest BCUT2D eigenvalue weighted by Crippen LogP contribution is -2.41. The van der Waals surface area contributed by atoms with Crippen LogP contribution < -0.4 is 10.5 Å². The van der Waals surface area contributed by atoms with Crippen molar-refractivity contribution in [3.8, 4) is 5.75 Å². The molecule has 0 amide bonds. The third-order valence-electron chi connectivity index (χ3n) is 4.07. The van der Waals surface area contributed by atoms with Crippen molar-refractivity contribution in [2.75, 3.05) is 0 Å². The SMILES string of the molecule is C[C@H](N)C(=O)O[C@@H](C)[C@H](Oc1cccc(Cl)c1)C1CCCC1. The van der Waals surface area contributed by atoms with Crippen molar-refractivity contribution in [1.82, 2.24) is 0 Å². The van der Waals surface area contributed by atoms with E-state index in [1.807, 2.05) is 19.1 Å². The Morgan fingerprint density at radius 3 is 2.59 bits per heavy atom. The molecule has 4 nitrogen and oxygen atoms in total. The molecule has 3 atom stereocenters. The van der Waals surface area contributed by atoms with E-state index in [-0.39, 0.29) is 12.2 Å². The molecule has 1 fully saturated rings. The smallest absolute Gasteiger partial charge is 0.323 e. The number of nitrogens with two attached hydrogens (primary N) is 1. The van der Waals surface area contributed by atoms with E-state index in [1.165, 1.54) is 12.8 Å². The zero-order chi connectivity index (χ0) is 16.1. The zero-order valence-corrected chi connectivity index (χ0v) is 13.9. The highest BCUT2D eigenvalue weighted by Crippen LogP contribution is 2.33. The highest BCUT2D eigenvalue weighted by molar-refractivity contribution is 6.30. The molecule has 122 valence electrons. The summed E-state index contributed by atoms with van der Waals surface area (Å²) < 4.78 is 11.6. The Bertz CT molecular complexity index is 500. The van der Waals surface area contributed by atoms with Gasteiger partial charge in [-0.1, -0.05) is 30.5 Å². The Labute approximate surface area is 136 Å². The number of rotatable bonds is 6. The van der Waals surface area contributed by atoms with Gasteiger partial charge in [0.05, 0.1) is 0 Å². The summed E-state index contributed by atoms with van der Waals surface area (Å²) in [6.07, 6.45) is 4.03. The number of carbonyl (C=O) groups excluding carboxylic acids is 1. The van der Waals surface area contributed by atoms with Gasteiger partial charge in [0.2, 0.25) is 0 Å². The maximum absolute atomic E-state index is 11.8. The van der Waals surface area contributed by atoms with Gasteiger partial charge < -0.3 is 15.2 Å². The molecule has 1 aromatic rings. The molecule has 2 rings (SSSR count). The summed E-state index contributed by atoms with van der Waals surface area (Å²) in [4.78, 5) is 11.8. The number of halogens is 1. The topological polar surface area (TPSA) is 61.6 Å². The van der Waals surface area contributed by atoms with Crippen molar-refractivity contribution in [3.63, 3.8) is 0 Å². The molecule has 1 saturated carbocycles. The second-order valence-electron chi connectivity index (χ2n) is 6.02. The van der Waals surface area contributed by atoms with Crippen molar-refractivity contribution in [2.24, 2.45) is 11.7 Å². The molecule has 0 spiro atoms. The number of carbonyl (C=O) groups is 1. The van der Waals surface area contributed by atoms with Crippen LogP contribution in [0.1, 0.15) is 39.5 Å². The first-order valence-electron chi connectivity index (χ1n) is 7.85. The number of esters is 1. The van der Waals surface area contributed by atoms with E-state index in [2.05, 4.69) is 0 Å². The first-order chi connectivity index (χ1) is 10.5. The zero-order valence-electron chi connectivity index (χ0n) is 13.1. The molecule has 22 heavy (non-hydrogen) atoms. The maximum atomic E-state index is 11.8. The predicted octanol–water partition coefficient (Wildman–Crippen LogP) is 3.56. The quantitative estimate of drug-likeness (QED) is 0.812. The lowest BCUT2D eigenvalue weighted by atomic mass is 9.96. The Kier molecular flexibility index (Phi) is 6.09. The van der Waals surface area contributed by atoms with E-state index in [0.29, 0.717) is 16.7 Å². The van der Waals surface area contributed by atoms with Gasteiger partial charge in [0.1, 0.15) is 24.0 Å². The van der Waals surface area contributed by atoms with Crippen LogP contribution in [0, 0.1) is 5.92 Å². The average Bonchev–Trinajstić information content (AvgIpc) is 2.98. The van der Waals surface area contributed by atoms with E-state index < -0.39 is 12.0 Å². The van der Waals surface area contributed by atoms with Crippen LogP contribution in [0.2, 0.25) is 5.02 Å². The number of hydrogen-bond acceptors (Lipinski definition) is 4. The first-order valence-corrected chi connectivity index (χ1v) is 8.23. The van der Waals surface area contributed by atoms with Crippen LogP contribution in [0.3, 0.4) is 0 Å². The van der Waals surface area contributed by atoms with Crippen molar-refractivity contribution in [3.05, 3.63) is 29.3 Å². The van der Waals surface area contributed by atoms with Gasteiger partial charge >= 0.3 is 5.97 Å². The molecule has 0 heterocycles. The van der Waals surface area contributed by atoms with E-state index in [4.69, 9.17) is 26.8 Å². The minimum atomic E-state index is -0.627. The summed E-state index contributed by atoms with van der Waals surface area (Å²) in [5.74, 6) is 0.688. The molecular weight excluding hydrogens is 302 g/mol. The average molecular weight is 326 g/mol. The standard InChI is InChI=1S/C17H24ClNO3/c1-11(19)17(20)21-12(2)16(13-6-3-4-7-13)22-15-9-5-8-14(18)10-15/h5,8-13,16H,3-4,6-7,19H2,1-2H3/t11-,12-,16-/m0/s1. The molecule has 0 bridgehead atoms. The predicted molar refractivity (Wildman–Crippen MR) is 87.0 cm³/mol. The highest BCUT2D eigenvalue weighted by atomic mass is 35.5. The first kappa shape index (κ1) is 17.1. The van der Waals surface area contributed by atoms with Crippen LogP contribution >= 0.6 is 11.6 Å². The summed E-state index contributed by atoms with van der Waals surface area (Å²) in [5, 5.41) is 0.628. The fourth-order valence-electron chi connectivity index (χ4n) is 2.92. The number of hydrogen-bond donors (Lipinski definition) is 1. The summed E-state index contributed by atoms with van der Waals surface area (Å²) in [6.45, 7) is 3.49. The van der Waals surface area contributed by atoms with Gasteiger partial charge in [-0.25, -0.2) is 0 Å². The van der Waals surface area contributed by atoms with E-state index in [0.717, 1.165) is 12.8 Å². The molecule has 0 radical (unpaired) electrons. The Hall–Kier alpha value is -1.26. The van der Waals surface area contributed by atoms with E-state index >= 15 is 0 Å². The summed E-state index contributed by atoms with van der Waals surface area (Å²) in [6, 6.07) is 6.68. The molecule has 0 aliphatic heterocycles.